The molecule has 2 saturated heterocycles. The molecular formula is C16H25N5O. The molecule has 2 aliphatic rings. The van der Waals surface area contributed by atoms with Crippen LogP contribution in [0.3, 0.4) is 0 Å². The van der Waals surface area contributed by atoms with E-state index in [4.69, 9.17) is 0 Å². The van der Waals surface area contributed by atoms with Gasteiger partial charge in [-0.2, -0.15) is 0 Å². The highest BCUT2D eigenvalue weighted by Gasteiger charge is 2.23. The van der Waals surface area contributed by atoms with Crippen molar-refractivity contribution in [1.82, 2.24) is 19.8 Å². The minimum Gasteiger partial charge on any atom is -0.338 e. The van der Waals surface area contributed by atoms with Crippen molar-refractivity contribution < 1.29 is 4.79 Å². The SMILES string of the molecule is CCN1CCN(c2nc(C)cc(C(=O)N3CCCC3)n2)CC1. The van der Waals surface area contributed by atoms with Crippen molar-refractivity contribution in [2.75, 3.05) is 50.7 Å². The number of aromatic nitrogens is 2. The average Bonchev–Trinajstić information content (AvgIpc) is 3.08. The highest BCUT2D eigenvalue weighted by Crippen LogP contribution is 2.16. The second kappa shape index (κ2) is 6.60. The first-order chi connectivity index (χ1) is 10.7. The fraction of sp³-hybridized carbons (Fsp3) is 0.688. The summed E-state index contributed by atoms with van der Waals surface area (Å²) < 4.78 is 0. The molecule has 0 unspecified atom stereocenters. The molecule has 22 heavy (non-hydrogen) atoms. The van der Waals surface area contributed by atoms with Crippen LogP contribution in [0.4, 0.5) is 5.95 Å². The van der Waals surface area contributed by atoms with Gasteiger partial charge in [0.15, 0.2) is 0 Å². The van der Waals surface area contributed by atoms with Crippen LogP contribution in [-0.2, 0) is 0 Å². The number of carbonyl (C=O) groups is 1. The Bertz CT molecular complexity index is 533. The van der Waals surface area contributed by atoms with E-state index in [-0.39, 0.29) is 5.91 Å². The van der Waals surface area contributed by atoms with Gasteiger partial charge in [0.05, 0.1) is 0 Å². The van der Waals surface area contributed by atoms with Gasteiger partial charge in [0.1, 0.15) is 5.69 Å². The van der Waals surface area contributed by atoms with E-state index in [0.29, 0.717) is 11.6 Å². The normalized spacial score (nSPS) is 19.7. The van der Waals surface area contributed by atoms with E-state index in [1.807, 2.05) is 17.9 Å². The second-order valence-electron chi connectivity index (χ2n) is 6.12. The topological polar surface area (TPSA) is 52.6 Å². The van der Waals surface area contributed by atoms with Crippen molar-refractivity contribution in [2.45, 2.75) is 26.7 Å². The van der Waals surface area contributed by atoms with E-state index in [1.165, 1.54) is 0 Å². The summed E-state index contributed by atoms with van der Waals surface area (Å²) in [5, 5.41) is 0. The number of hydrogen-bond donors (Lipinski definition) is 0. The van der Waals surface area contributed by atoms with Gasteiger partial charge in [-0.3, -0.25) is 4.79 Å². The molecule has 0 aliphatic carbocycles. The molecule has 0 bridgehead atoms. The lowest BCUT2D eigenvalue weighted by Gasteiger charge is -2.34. The molecule has 0 atom stereocenters. The Balaban J connectivity index is 1.76. The Morgan fingerprint density at radius 1 is 1.09 bits per heavy atom. The minimum absolute atomic E-state index is 0.0523. The predicted octanol–water partition coefficient (Wildman–Crippen LogP) is 1.16. The number of aryl methyl sites for hydroxylation is 1. The Hall–Kier alpha value is -1.69. The van der Waals surface area contributed by atoms with Gasteiger partial charge in [0.25, 0.3) is 5.91 Å². The van der Waals surface area contributed by atoms with E-state index in [0.717, 1.165) is 64.3 Å². The van der Waals surface area contributed by atoms with Crippen LogP contribution in [0.15, 0.2) is 6.07 Å². The van der Waals surface area contributed by atoms with Crippen molar-refractivity contribution in [1.29, 1.82) is 0 Å². The molecular weight excluding hydrogens is 278 g/mol. The first-order valence-electron chi connectivity index (χ1n) is 8.29. The Labute approximate surface area is 132 Å². The van der Waals surface area contributed by atoms with Gasteiger partial charge < -0.3 is 14.7 Å². The number of likely N-dealkylation sites (tertiary alicyclic amines) is 1. The van der Waals surface area contributed by atoms with Crippen molar-refractivity contribution in [3.8, 4) is 0 Å². The maximum atomic E-state index is 12.5. The Morgan fingerprint density at radius 2 is 1.77 bits per heavy atom. The number of amides is 1. The van der Waals surface area contributed by atoms with Gasteiger partial charge in [0.2, 0.25) is 5.95 Å². The van der Waals surface area contributed by atoms with Crippen LogP contribution in [0, 0.1) is 6.92 Å². The minimum atomic E-state index is 0.0523. The average molecular weight is 303 g/mol. The molecule has 0 spiro atoms. The molecule has 6 heteroatoms. The molecule has 6 nitrogen and oxygen atoms in total. The number of anilines is 1. The zero-order valence-electron chi connectivity index (χ0n) is 13.6. The molecule has 0 N–H and O–H groups in total. The van der Waals surface area contributed by atoms with E-state index in [9.17, 15) is 4.79 Å². The van der Waals surface area contributed by atoms with Crippen molar-refractivity contribution >= 4 is 11.9 Å². The summed E-state index contributed by atoms with van der Waals surface area (Å²) in [7, 11) is 0. The van der Waals surface area contributed by atoms with E-state index in [1.54, 1.807) is 0 Å². The fourth-order valence-corrected chi connectivity index (χ4v) is 3.15. The zero-order chi connectivity index (χ0) is 15.5. The summed E-state index contributed by atoms with van der Waals surface area (Å²) in [6, 6.07) is 1.81. The van der Waals surface area contributed by atoms with Crippen molar-refractivity contribution in [3.05, 3.63) is 17.5 Å². The molecule has 0 saturated carbocycles. The zero-order valence-corrected chi connectivity index (χ0v) is 13.6. The number of carbonyl (C=O) groups excluding carboxylic acids is 1. The number of rotatable bonds is 3. The fourth-order valence-electron chi connectivity index (χ4n) is 3.15. The molecule has 0 radical (unpaired) electrons. The highest BCUT2D eigenvalue weighted by molar-refractivity contribution is 5.92. The highest BCUT2D eigenvalue weighted by atomic mass is 16.2. The summed E-state index contributed by atoms with van der Waals surface area (Å²) in [5.41, 5.74) is 1.41. The monoisotopic (exact) mass is 303 g/mol. The molecule has 1 aromatic heterocycles. The smallest absolute Gasteiger partial charge is 0.272 e. The van der Waals surface area contributed by atoms with Crippen LogP contribution in [0.2, 0.25) is 0 Å². The first kappa shape index (κ1) is 15.2. The third-order valence-corrected chi connectivity index (χ3v) is 4.56. The number of hydrogen-bond acceptors (Lipinski definition) is 5. The summed E-state index contributed by atoms with van der Waals surface area (Å²) in [6.45, 7) is 10.8. The maximum Gasteiger partial charge on any atom is 0.272 e. The number of nitrogens with zero attached hydrogens (tertiary/aromatic N) is 5. The van der Waals surface area contributed by atoms with E-state index < -0.39 is 0 Å². The van der Waals surface area contributed by atoms with Gasteiger partial charge >= 0.3 is 0 Å². The Morgan fingerprint density at radius 3 is 2.41 bits per heavy atom. The lowest BCUT2D eigenvalue weighted by atomic mass is 10.3. The molecule has 0 aromatic carbocycles. The first-order valence-corrected chi connectivity index (χ1v) is 8.29. The number of piperazine rings is 1. The summed E-state index contributed by atoms with van der Waals surface area (Å²) in [4.78, 5) is 28.2. The second-order valence-corrected chi connectivity index (χ2v) is 6.12. The van der Waals surface area contributed by atoms with Gasteiger partial charge in [-0.25, -0.2) is 9.97 Å². The molecule has 3 rings (SSSR count). The van der Waals surface area contributed by atoms with Gasteiger partial charge in [-0.1, -0.05) is 6.92 Å². The quantitative estimate of drug-likeness (QED) is 0.839. The standard InChI is InChI=1S/C16H25N5O/c1-3-19-8-10-21(11-9-19)16-17-13(2)12-14(18-16)15(22)20-6-4-5-7-20/h12H,3-11H2,1-2H3. The Kier molecular flexibility index (Phi) is 4.57. The van der Waals surface area contributed by atoms with E-state index >= 15 is 0 Å². The summed E-state index contributed by atoms with van der Waals surface area (Å²) in [6.07, 6.45) is 2.20. The number of likely N-dealkylation sites (N-methyl/N-ethyl adjacent to an activating group) is 1. The lowest BCUT2D eigenvalue weighted by Crippen LogP contribution is -2.47. The van der Waals surface area contributed by atoms with Gasteiger partial charge in [-0.15, -0.1) is 0 Å². The molecule has 1 aromatic rings. The largest absolute Gasteiger partial charge is 0.338 e. The van der Waals surface area contributed by atoms with Crippen LogP contribution >= 0.6 is 0 Å². The molecule has 2 fully saturated rings. The van der Waals surface area contributed by atoms with Crippen molar-refractivity contribution in [3.63, 3.8) is 0 Å². The molecule has 120 valence electrons. The maximum absolute atomic E-state index is 12.5. The van der Waals surface area contributed by atoms with Gasteiger partial charge in [-0.05, 0) is 32.4 Å². The third kappa shape index (κ3) is 3.21. The van der Waals surface area contributed by atoms with Crippen LogP contribution in [0.5, 0.6) is 0 Å². The summed E-state index contributed by atoms with van der Waals surface area (Å²) in [5.74, 6) is 0.759. The third-order valence-electron chi connectivity index (χ3n) is 4.56. The molecule has 2 aliphatic heterocycles. The van der Waals surface area contributed by atoms with Crippen molar-refractivity contribution in [2.24, 2.45) is 0 Å². The van der Waals surface area contributed by atoms with E-state index in [2.05, 4.69) is 26.7 Å². The van der Waals surface area contributed by atoms with Crippen LogP contribution in [0.25, 0.3) is 0 Å². The lowest BCUT2D eigenvalue weighted by molar-refractivity contribution is 0.0786. The molecule has 1 amide bonds. The van der Waals surface area contributed by atoms with Crippen LogP contribution in [-0.4, -0.2) is 71.5 Å². The summed E-state index contributed by atoms with van der Waals surface area (Å²) >= 11 is 0. The molecule has 3 heterocycles. The van der Waals surface area contributed by atoms with Gasteiger partial charge in [0, 0.05) is 45.0 Å². The van der Waals surface area contributed by atoms with Crippen LogP contribution in [0.1, 0.15) is 35.9 Å². The van der Waals surface area contributed by atoms with Crippen LogP contribution < -0.4 is 4.90 Å². The predicted molar refractivity (Wildman–Crippen MR) is 86.2 cm³/mol.